The van der Waals surface area contributed by atoms with E-state index in [1.807, 2.05) is 4.68 Å². The van der Waals surface area contributed by atoms with Gasteiger partial charge in [-0.3, -0.25) is 0 Å². The molecule has 1 N–H and O–H groups in total. The normalized spacial score (nSPS) is 19.0. The van der Waals surface area contributed by atoms with E-state index in [1.54, 1.807) is 13.1 Å². The van der Waals surface area contributed by atoms with Gasteiger partial charge < -0.3 is 10.1 Å². The Bertz CT molecular complexity index is 446. The zero-order valence-electron chi connectivity index (χ0n) is 11.5. The molecule has 1 aromatic heterocycles. The van der Waals surface area contributed by atoms with Crippen molar-refractivity contribution >= 4 is 11.8 Å². The molecule has 100 valence electrons. The Hall–Kier alpha value is -1.52. The highest BCUT2D eigenvalue weighted by Crippen LogP contribution is 2.38. The third kappa shape index (κ3) is 2.21. The largest absolute Gasteiger partial charge is 0.462 e. The van der Waals surface area contributed by atoms with Crippen molar-refractivity contribution in [3.8, 4) is 0 Å². The molecule has 0 saturated heterocycles. The first-order chi connectivity index (χ1) is 8.45. The van der Waals surface area contributed by atoms with Gasteiger partial charge in [0.25, 0.3) is 0 Å². The first-order valence-corrected chi connectivity index (χ1v) is 6.43. The van der Waals surface area contributed by atoms with Crippen molar-refractivity contribution in [2.45, 2.75) is 40.2 Å². The number of carbonyl (C=O) groups is 1. The lowest BCUT2D eigenvalue weighted by atomic mass is 9.84. The van der Waals surface area contributed by atoms with Crippen LogP contribution >= 0.6 is 0 Å². The molecule has 18 heavy (non-hydrogen) atoms. The van der Waals surface area contributed by atoms with Crippen molar-refractivity contribution in [1.82, 2.24) is 9.78 Å². The Balaban J connectivity index is 2.35. The first-order valence-electron chi connectivity index (χ1n) is 6.43. The number of anilines is 1. The molecule has 0 spiro atoms. The standard InChI is InChI=1S/C13H21N3O2/c1-5-18-12(17)9-8-15-16-10(13(2,3)4)6-7-14-11(9)16/h8,10,14H,5-7H2,1-4H3. The molecule has 1 unspecified atom stereocenters. The van der Waals surface area contributed by atoms with E-state index in [4.69, 9.17) is 4.74 Å². The fourth-order valence-electron chi connectivity index (χ4n) is 2.38. The molecular formula is C13H21N3O2. The molecule has 1 aliphatic heterocycles. The fraction of sp³-hybridized carbons (Fsp3) is 0.692. The number of rotatable bonds is 2. The maximum absolute atomic E-state index is 11.8. The summed E-state index contributed by atoms with van der Waals surface area (Å²) in [5.41, 5.74) is 0.653. The van der Waals surface area contributed by atoms with Gasteiger partial charge in [-0.2, -0.15) is 5.10 Å². The summed E-state index contributed by atoms with van der Waals surface area (Å²) < 4.78 is 6.97. The predicted molar refractivity (Wildman–Crippen MR) is 69.8 cm³/mol. The summed E-state index contributed by atoms with van der Waals surface area (Å²) in [6.07, 6.45) is 2.62. The molecule has 0 saturated carbocycles. The Morgan fingerprint density at radius 3 is 2.94 bits per heavy atom. The van der Waals surface area contributed by atoms with Gasteiger partial charge in [-0.25, -0.2) is 9.48 Å². The Morgan fingerprint density at radius 2 is 2.33 bits per heavy atom. The van der Waals surface area contributed by atoms with Gasteiger partial charge in [-0.1, -0.05) is 20.8 Å². The van der Waals surface area contributed by atoms with E-state index in [2.05, 4.69) is 31.2 Å². The monoisotopic (exact) mass is 251 g/mol. The van der Waals surface area contributed by atoms with Crippen LogP contribution in [-0.4, -0.2) is 28.9 Å². The van der Waals surface area contributed by atoms with Crippen LogP contribution in [0.5, 0.6) is 0 Å². The zero-order valence-corrected chi connectivity index (χ0v) is 11.5. The summed E-state index contributed by atoms with van der Waals surface area (Å²) in [6, 6.07) is 0.303. The van der Waals surface area contributed by atoms with Crippen molar-refractivity contribution in [2.75, 3.05) is 18.5 Å². The van der Waals surface area contributed by atoms with E-state index in [9.17, 15) is 4.79 Å². The lowest BCUT2D eigenvalue weighted by molar-refractivity contribution is 0.0527. The van der Waals surface area contributed by atoms with Crippen molar-refractivity contribution in [1.29, 1.82) is 0 Å². The summed E-state index contributed by atoms with van der Waals surface area (Å²) in [6.45, 7) is 9.63. The highest BCUT2D eigenvalue weighted by Gasteiger charge is 2.33. The summed E-state index contributed by atoms with van der Waals surface area (Å²) in [4.78, 5) is 11.8. The second-order valence-corrected chi connectivity index (χ2v) is 5.67. The minimum absolute atomic E-state index is 0.120. The molecule has 0 fully saturated rings. The maximum atomic E-state index is 11.8. The lowest BCUT2D eigenvalue weighted by Gasteiger charge is -2.35. The number of fused-ring (bicyclic) bond motifs is 1. The number of hydrogen-bond donors (Lipinski definition) is 1. The Morgan fingerprint density at radius 1 is 1.61 bits per heavy atom. The summed E-state index contributed by atoms with van der Waals surface area (Å²) in [5, 5.41) is 7.61. The van der Waals surface area contributed by atoms with Crippen molar-refractivity contribution < 1.29 is 9.53 Å². The topological polar surface area (TPSA) is 56.1 Å². The van der Waals surface area contributed by atoms with Crippen LogP contribution in [0.3, 0.4) is 0 Å². The second-order valence-electron chi connectivity index (χ2n) is 5.67. The van der Waals surface area contributed by atoms with Crippen LogP contribution in [0.25, 0.3) is 0 Å². The maximum Gasteiger partial charge on any atom is 0.343 e. The van der Waals surface area contributed by atoms with E-state index >= 15 is 0 Å². The minimum Gasteiger partial charge on any atom is -0.462 e. The van der Waals surface area contributed by atoms with Crippen LogP contribution < -0.4 is 5.32 Å². The predicted octanol–water partition coefficient (Wildman–Crippen LogP) is 2.46. The number of carbonyl (C=O) groups excluding carboxylic acids is 1. The Labute approximate surface area is 108 Å². The molecular weight excluding hydrogens is 230 g/mol. The molecule has 1 aromatic rings. The van der Waals surface area contributed by atoms with Crippen molar-refractivity contribution in [3.63, 3.8) is 0 Å². The van der Waals surface area contributed by atoms with Gasteiger partial charge in [0.15, 0.2) is 0 Å². The van der Waals surface area contributed by atoms with Crippen molar-refractivity contribution in [3.05, 3.63) is 11.8 Å². The van der Waals surface area contributed by atoms with Gasteiger partial charge in [0.2, 0.25) is 0 Å². The van der Waals surface area contributed by atoms with Gasteiger partial charge >= 0.3 is 5.97 Å². The third-order valence-corrected chi connectivity index (χ3v) is 3.30. The quantitative estimate of drug-likeness (QED) is 0.820. The van der Waals surface area contributed by atoms with Crippen LogP contribution in [0.2, 0.25) is 0 Å². The number of aromatic nitrogens is 2. The average Bonchev–Trinajstić information content (AvgIpc) is 2.71. The molecule has 0 amide bonds. The van der Waals surface area contributed by atoms with E-state index in [0.717, 1.165) is 18.8 Å². The number of esters is 1. The molecule has 1 atom stereocenters. The summed E-state index contributed by atoms with van der Waals surface area (Å²) in [5.74, 6) is 0.487. The number of nitrogens with zero attached hydrogens (tertiary/aromatic N) is 2. The average molecular weight is 251 g/mol. The SMILES string of the molecule is CCOC(=O)c1cnn2c1NCCC2C(C)(C)C. The molecule has 2 rings (SSSR count). The van der Waals surface area contributed by atoms with Gasteiger partial charge in [-0.05, 0) is 18.8 Å². The highest BCUT2D eigenvalue weighted by atomic mass is 16.5. The molecule has 5 heteroatoms. The first kappa shape index (κ1) is 12.9. The Kier molecular flexibility index (Phi) is 3.32. The molecule has 0 aromatic carbocycles. The van der Waals surface area contributed by atoms with E-state index < -0.39 is 0 Å². The van der Waals surface area contributed by atoms with E-state index in [0.29, 0.717) is 18.2 Å². The molecule has 2 heterocycles. The highest BCUT2D eigenvalue weighted by molar-refractivity contribution is 5.94. The number of ether oxygens (including phenoxy) is 1. The lowest BCUT2D eigenvalue weighted by Crippen LogP contribution is -2.32. The van der Waals surface area contributed by atoms with Crippen molar-refractivity contribution in [2.24, 2.45) is 5.41 Å². The van der Waals surface area contributed by atoms with Gasteiger partial charge in [0, 0.05) is 6.54 Å². The summed E-state index contributed by atoms with van der Waals surface area (Å²) >= 11 is 0. The van der Waals surface area contributed by atoms with E-state index in [1.165, 1.54) is 0 Å². The molecule has 1 aliphatic rings. The van der Waals surface area contributed by atoms with Gasteiger partial charge in [0.1, 0.15) is 11.4 Å². The van der Waals surface area contributed by atoms with Crippen LogP contribution in [-0.2, 0) is 4.74 Å². The van der Waals surface area contributed by atoms with Crippen LogP contribution in [0.15, 0.2) is 6.20 Å². The molecule has 0 aliphatic carbocycles. The van der Waals surface area contributed by atoms with Gasteiger partial charge in [-0.15, -0.1) is 0 Å². The fourth-order valence-corrected chi connectivity index (χ4v) is 2.38. The molecule has 5 nitrogen and oxygen atoms in total. The number of hydrogen-bond acceptors (Lipinski definition) is 4. The van der Waals surface area contributed by atoms with E-state index in [-0.39, 0.29) is 11.4 Å². The van der Waals surface area contributed by atoms with Crippen LogP contribution in [0.1, 0.15) is 50.5 Å². The number of nitrogens with one attached hydrogen (secondary N) is 1. The second kappa shape index (κ2) is 4.63. The third-order valence-electron chi connectivity index (χ3n) is 3.30. The van der Waals surface area contributed by atoms with Crippen LogP contribution in [0.4, 0.5) is 5.82 Å². The summed E-state index contributed by atoms with van der Waals surface area (Å²) in [7, 11) is 0. The molecule has 0 bridgehead atoms. The van der Waals surface area contributed by atoms with Gasteiger partial charge in [0.05, 0.1) is 18.8 Å². The smallest absolute Gasteiger partial charge is 0.343 e. The van der Waals surface area contributed by atoms with Crippen LogP contribution in [0, 0.1) is 5.41 Å². The zero-order chi connectivity index (χ0) is 13.3. The minimum atomic E-state index is -0.305. The molecule has 0 radical (unpaired) electrons.